The number of nitrogens with zero attached hydrogens (tertiary/aromatic N) is 1. The number of carbonyl (C=O) groups is 1. The van der Waals surface area contributed by atoms with Crippen LogP contribution in [-0.4, -0.2) is 36.5 Å². The van der Waals surface area contributed by atoms with Crippen LogP contribution in [0.2, 0.25) is 0 Å². The average Bonchev–Trinajstić information content (AvgIpc) is 2.88. The zero-order valence-corrected chi connectivity index (χ0v) is 12.7. The molecule has 1 saturated heterocycles. The molecule has 0 aromatic heterocycles. The first kappa shape index (κ1) is 15.8. The highest BCUT2D eigenvalue weighted by Gasteiger charge is 2.44. The predicted octanol–water partition coefficient (Wildman–Crippen LogP) is 0.938. The molecule has 8 heteroatoms. The quantitative estimate of drug-likeness (QED) is 0.834. The normalized spacial score (nSPS) is 21.9. The van der Waals surface area contributed by atoms with Crippen LogP contribution in [0.25, 0.3) is 0 Å². The maximum absolute atomic E-state index is 12.2. The van der Waals surface area contributed by atoms with E-state index in [9.17, 15) is 18.3 Å². The fourth-order valence-corrected chi connectivity index (χ4v) is 5.06. The Morgan fingerprint density at radius 1 is 1.43 bits per heavy atom. The standard InChI is InChI=1S/C13H14N2O4S2/c14-7-10-1-3-11(4-2-10)8-21(18,19)15-13(12(16)17)5-6-20-9-13/h1-4,15H,5-6,8-9H2,(H,16,17). The summed E-state index contributed by atoms with van der Waals surface area (Å²) in [5, 5.41) is 18.0. The van der Waals surface area contributed by atoms with Crippen molar-refractivity contribution in [2.45, 2.75) is 17.7 Å². The van der Waals surface area contributed by atoms with Gasteiger partial charge in [-0.3, -0.25) is 4.79 Å². The predicted molar refractivity (Wildman–Crippen MR) is 79.2 cm³/mol. The Kier molecular flexibility index (Phi) is 4.56. The van der Waals surface area contributed by atoms with E-state index in [1.807, 2.05) is 6.07 Å². The van der Waals surface area contributed by atoms with Crippen molar-refractivity contribution in [2.75, 3.05) is 11.5 Å². The number of thioether (sulfide) groups is 1. The highest BCUT2D eigenvalue weighted by Crippen LogP contribution is 2.29. The maximum atomic E-state index is 12.2. The molecule has 0 spiro atoms. The minimum absolute atomic E-state index is 0.231. The molecule has 0 radical (unpaired) electrons. The van der Waals surface area contributed by atoms with Crippen molar-refractivity contribution in [1.82, 2.24) is 4.72 Å². The molecule has 0 bridgehead atoms. The third-order valence-corrected chi connectivity index (χ3v) is 5.83. The van der Waals surface area contributed by atoms with Crippen molar-refractivity contribution in [2.24, 2.45) is 0 Å². The van der Waals surface area contributed by atoms with E-state index in [4.69, 9.17) is 5.26 Å². The smallest absolute Gasteiger partial charge is 0.325 e. The first-order chi connectivity index (χ1) is 9.87. The minimum atomic E-state index is -3.77. The Morgan fingerprint density at radius 2 is 2.10 bits per heavy atom. The zero-order chi connectivity index (χ0) is 15.5. The Bertz CT molecular complexity index is 671. The van der Waals surface area contributed by atoms with Gasteiger partial charge in [0.25, 0.3) is 0 Å². The first-order valence-electron chi connectivity index (χ1n) is 6.19. The molecular weight excluding hydrogens is 312 g/mol. The molecule has 6 nitrogen and oxygen atoms in total. The lowest BCUT2D eigenvalue weighted by atomic mass is 10.0. The third-order valence-electron chi connectivity index (χ3n) is 3.22. The number of nitrogens with one attached hydrogen (secondary N) is 1. The molecule has 1 fully saturated rings. The van der Waals surface area contributed by atoms with Crippen LogP contribution in [0.3, 0.4) is 0 Å². The second-order valence-electron chi connectivity index (χ2n) is 4.86. The zero-order valence-electron chi connectivity index (χ0n) is 11.1. The van der Waals surface area contributed by atoms with E-state index in [1.54, 1.807) is 12.1 Å². The number of carboxylic acids is 1. The Labute approximate surface area is 127 Å². The number of rotatable bonds is 5. The fourth-order valence-electron chi connectivity index (χ4n) is 2.09. The minimum Gasteiger partial charge on any atom is -0.480 e. The Balaban J connectivity index is 2.14. The van der Waals surface area contributed by atoms with Gasteiger partial charge in [-0.1, -0.05) is 12.1 Å². The van der Waals surface area contributed by atoms with E-state index < -0.39 is 21.5 Å². The van der Waals surface area contributed by atoms with Gasteiger partial charge in [0, 0.05) is 5.75 Å². The van der Waals surface area contributed by atoms with E-state index in [1.165, 1.54) is 23.9 Å². The summed E-state index contributed by atoms with van der Waals surface area (Å²) in [6, 6.07) is 8.11. The number of sulfonamides is 1. The molecule has 2 N–H and O–H groups in total. The SMILES string of the molecule is N#Cc1ccc(CS(=O)(=O)NC2(C(=O)O)CCSC2)cc1. The van der Waals surface area contributed by atoms with Crippen LogP contribution in [0.4, 0.5) is 0 Å². The molecule has 1 aromatic carbocycles. The van der Waals surface area contributed by atoms with Gasteiger partial charge in [0.1, 0.15) is 5.54 Å². The molecule has 0 aliphatic carbocycles. The molecule has 0 amide bonds. The number of nitriles is 1. The molecule has 1 aliphatic rings. The molecule has 1 unspecified atom stereocenters. The molecule has 112 valence electrons. The van der Waals surface area contributed by atoms with Crippen molar-refractivity contribution >= 4 is 27.8 Å². The Morgan fingerprint density at radius 3 is 2.57 bits per heavy atom. The Hall–Kier alpha value is -1.56. The van der Waals surface area contributed by atoms with E-state index >= 15 is 0 Å². The monoisotopic (exact) mass is 326 g/mol. The number of aliphatic carboxylic acids is 1. The highest BCUT2D eigenvalue weighted by atomic mass is 32.2. The summed E-state index contributed by atoms with van der Waals surface area (Å²) in [5.41, 5.74) is -0.457. The summed E-state index contributed by atoms with van der Waals surface area (Å²) in [6.07, 6.45) is 0.277. The van der Waals surface area contributed by atoms with Crippen molar-refractivity contribution in [3.8, 4) is 6.07 Å². The summed E-state index contributed by atoms with van der Waals surface area (Å²) in [5.74, 6) is -0.602. The summed E-state index contributed by atoms with van der Waals surface area (Å²) in [4.78, 5) is 11.4. The van der Waals surface area contributed by atoms with Gasteiger partial charge in [0.15, 0.2) is 0 Å². The third kappa shape index (κ3) is 3.75. The van der Waals surface area contributed by atoms with Crippen molar-refractivity contribution < 1.29 is 18.3 Å². The van der Waals surface area contributed by atoms with E-state index in [-0.39, 0.29) is 17.9 Å². The fraction of sp³-hybridized carbons (Fsp3) is 0.385. The van der Waals surface area contributed by atoms with Gasteiger partial charge in [0.05, 0.1) is 17.4 Å². The van der Waals surface area contributed by atoms with Gasteiger partial charge < -0.3 is 5.11 Å². The highest BCUT2D eigenvalue weighted by molar-refractivity contribution is 7.99. The van der Waals surface area contributed by atoms with Gasteiger partial charge >= 0.3 is 5.97 Å². The molecule has 0 saturated carbocycles. The largest absolute Gasteiger partial charge is 0.480 e. The lowest BCUT2D eigenvalue weighted by Gasteiger charge is -2.24. The lowest BCUT2D eigenvalue weighted by molar-refractivity contribution is -0.142. The van der Waals surface area contributed by atoms with Crippen LogP contribution in [-0.2, 0) is 20.6 Å². The van der Waals surface area contributed by atoms with Gasteiger partial charge in [-0.2, -0.15) is 21.7 Å². The summed E-state index contributed by atoms with van der Waals surface area (Å²) in [6.45, 7) is 0. The summed E-state index contributed by atoms with van der Waals surface area (Å²) >= 11 is 1.42. The lowest BCUT2D eigenvalue weighted by Crippen LogP contribution is -2.54. The van der Waals surface area contributed by atoms with Crippen LogP contribution in [0, 0.1) is 11.3 Å². The van der Waals surface area contributed by atoms with Gasteiger partial charge in [-0.25, -0.2) is 8.42 Å². The van der Waals surface area contributed by atoms with Crippen LogP contribution in [0.1, 0.15) is 17.5 Å². The van der Waals surface area contributed by atoms with E-state index in [0.717, 1.165) is 0 Å². The summed E-state index contributed by atoms with van der Waals surface area (Å²) in [7, 11) is -3.77. The molecule has 1 heterocycles. The number of benzene rings is 1. The van der Waals surface area contributed by atoms with Crippen molar-refractivity contribution in [1.29, 1.82) is 5.26 Å². The van der Waals surface area contributed by atoms with Crippen molar-refractivity contribution in [3.05, 3.63) is 35.4 Å². The maximum Gasteiger partial charge on any atom is 0.325 e. The average molecular weight is 326 g/mol. The second kappa shape index (κ2) is 6.05. The second-order valence-corrected chi connectivity index (χ2v) is 7.69. The molecule has 1 aromatic rings. The number of carboxylic acid groups (broad SMARTS) is 1. The van der Waals surface area contributed by atoms with Crippen molar-refractivity contribution in [3.63, 3.8) is 0 Å². The van der Waals surface area contributed by atoms with Crippen LogP contribution in [0.5, 0.6) is 0 Å². The topological polar surface area (TPSA) is 107 Å². The summed E-state index contributed by atoms with van der Waals surface area (Å²) < 4.78 is 26.7. The van der Waals surface area contributed by atoms with Crippen LogP contribution < -0.4 is 4.72 Å². The van der Waals surface area contributed by atoms with Gasteiger partial charge in [-0.05, 0) is 29.9 Å². The molecule has 2 rings (SSSR count). The molecular formula is C13H14N2O4S2. The van der Waals surface area contributed by atoms with Gasteiger partial charge in [-0.15, -0.1) is 0 Å². The number of hydrogen-bond acceptors (Lipinski definition) is 5. The molecule has 1 atom stereocenters. The van der Waals surface area contributed by atoms with Crippen LogP contribution >= 0.6 is 11.8 Å². The van der Waals surface area contributed by atoms with E-state index in [0.29, 0.717) is 16.9 Å². The molecule has 1 aliphatic heterocycles. The van der Waals surface area contributed by atoms with Gasteiger partial charge in [0.2, 0.25) is 10.0 Å². The number of hydrogen-bond donors (Lipinski definition) is 2. The molecule has 21 heavy (non-hydrogen) atoms. The van der Waals surface area contributed by atoms with E-state index in [2.05, 4.69) is 4.72 Å². The van der Waals surface area contributed by atoms with Crippen LogP contribution in [0.15, 0.2) is 24.3 Å². The first-order valence-corrected chi connectivity index (χ1v) is 8.99.